The number of carbonyl (C=O) groups excluding carboxylic acids is 2. The van der Waals surface area contributed by atoms with E-state index in [1.54, 1.807) is 12.1 Å². The summed E-state index contributed by atoms with van der Waals surface area (Å²) in [5.74, 6) is -0.428. The van der Waals surface area contributed by atoms with E-state index in [1.165, 1.54) is 33.5 Å². The molecule has 2 atom stereocenters. The Hall–Kier alpha value is -3.48. The van der Waals surface area contributed by atoms with Crippen molar-refractivity contribution in [3.8, 4) is 5.75 Å². The molecule has 0 radical (unpaired) electrons. The van der Waals surface area contributed by atoms with Crippen LogP contribution >= 0.6 is 11.6 Å². The second-order valence-electron chi connectivity index (χ2n) is 10.6. The third-order valence-electron chi connectivity index (χ3n) is 7.58. The summed E-state index contributed by atoms with van der Waals surface area (Å²) in [5, 5.41) is 3.54. The van der Waals surface area contributed by atoms with E-state index in [1.807, 2.05) is 42.5 Å². The average molecular weight is 642 g/mol. The molecule has 3 aromatic carbocycles. The zero-order valence-corrected chi connectivity index (χ0v) is 25.8. The third-order valence-corrected chi connectivity index (χ3v) is 9.75. The van der Waals surface area contributed by atoms with E-state index in [-0.39, 0.29) is 30.1 Å². The molecule has 0 unspecified atom stereocenters. The maximum Gasteiger partial charge on any atom is 0.261 e. The van der Waals surface area contributed by atoms with Gasteiger partial charge in [-0.2, -0.15) is 4.31 Å². The van der Waals surface area contributed by atoms with Crippen LogP contribution in [-0.4, -0.2) is 81.6 Å². The summed E-state index contributed by atoms with van der Waals surface area (Å²) in [5.41, 5.74) is 1.44. The summed E-state index contributed by atoms with van der Waals surface area (Å²) in [7, 11) is -3.66. The van der Waals surface area contributed by atoms with Gasteiger partial charge in [-0.15, -0.1) is 0 Å². The molecular formula is C32H36ClN3O7S. The van der Waals surface area contributed by atoms with Gasteiger partial charge in [-0.25, -0.2) is 8.42 Å². The van der Waals surface area contributed by atoms with E-state index < -0.39 is 22.0 Å². The molecule has 2 fully saturated rings. The maximum atomic E-state index is 13.9. The third kappa shape index (κ3) is 8.16. The number of carbonyl (C=O) groups is 2. The van der Waals surface area contributed by atoms with Crippen LogP contribution in [0.4, 0.5) is 0 Å². The number of hydrogen-bond donors (Lipinski definition) is 1. The molecule has 0 bridgehead atoms. The molecule has 2 aliphatic rings. The molecular weight excluding hydrogens is 606 g/mol. The van der Waals surface area contributed by atoms with E-state index in [4.69, 9.17) is 25.8 Å². The Bertz CT molecular complexity index is 1490. The molecule has 10 nitrogen and oxygen atoms in total. The zero-order chi connectivity index (χ0) is 30.9. The molecule has 1 N–H and O–H groups in total. The Morgan fingerprint density at radius 3 is 2.34 bits per heavy atom. The molecule has 2 saturated heterocycles. The van der Waals surface area contributed by atoms with Gasteiger partial charge in [0.25, 0.3) is 5.91 Å². The molecule has 0 aliphatic carbocycles. The molecule has 0 saturated carbocycles. The van der Waals surface area contributed by atoms with Crippen LogP contribution in [0, 0.1) is 0 Å². The quantitative estimate of drug-likeness (QED) is 0.320. The molecule has 0 aromatic heterocycles. The molecule has 2 aliphatic heterocycles. The predicted molar refractivity (Wildman–Crippen MR) is 165 cm³/mol. The fourth-order valence-corrected chi connectivity index (χ4v) is 6.74. The second-order valence-corrected chi connectivity index (χ2v) is 13.0. The van der Waals surface area contributed by atoms with E-state index in [2.05, 4.69) is 5.32 Å². The van der Waals surface area contributed by atoms with E-state index >= 15 is 0 Å². The van der Waals surface area contributed by atoms with E-state index in [0.29, 0.717) is 55.8 Å². The fraction of sp³-hybridized carbons (Fsp3) is 0.375. The number of morpholine rings is 1. The summed E-state index contributed by atoms with van der Waals surface area (Å²) < 4.78 is 44.1. The molecule has 12 heteroatoms. The van der Waals surface area contributed by atoms with Gasteiger partial charge in [-0.3, -0.25) is 9.59 Å². The topological polar surface area (TPSA) is 114 Å². The van der Waals surface area contributed by atoms with E-state index in [9.17, 15) is 18.0 Å². The molecule has 44 heavy (non-hydrogen) atoms. The number of halogens is 1. The van der Waals surface area contributed by atoms with Crippen molar-refractivity contribution in [3.63, 3.8) is 0 Å². The highest BCUT2D eigenvalue weighted by Gasteiger charge is 2.33. The van der Waals surface area contributed by atoms with Gasteiger partial charge < -0.3 is 24.4 Å². The smallest absolute Gasteiger partial charge is 0.261 e. The van der Waals surface area contributed by atoms with Crippen LogP contribution in [0.5, 0.6) is 5.75 Å². The van der Waals surface area contributed by atoms with Crippen LogP contribution in [0.15, 0.2) is 83.8 Å². The molecule has 2 heterocycles. The molecule has 2 amide bonds. The molecule has 234 valence electrons. The number of nitrogens with zero attached hydrogens (tertiary/aromatic N) is 2. The normalized spacial score (nSPS) is 18.0. The summed E-state index contributed by atoms with van der Waals surface area (Å²) in [6.07, 6.45) is 1.75. The van der Waals surface area contributed by atoms with Gasteiger partial charge >= 0.3 is 0 Å². The summed E-state index contributed by atoms with van der Waals surface area (Å²) in [6.45, 7) is 2.07. The summed E-state index contributed by atoms with van der Waals surface area (Å²) >= 11 is 6.10. The minimum atomic E-state index is -3.66. The van der Waals surface area contributed by atoms with Gasteiger partial charge in [-0.1, -0.05) is 54.1 Å². The maximum absolute atomic E-state index is 13.9. The highest BCUT2D eigenvalue weighted by atomic mass is 35.5. The monoisotopic (exact) mass is 641 g/mol. The lowest BCUT2D eigenvalue weighted by molar-refractivity contribution is -0.143. The van der Waals surface area contributed by atoms with Crippen LogP contribution in [0.3, 0.4) is 0 Å². The van der Waals surface area contributed by atoms with Gasteiger partial charge in [0.2, 0.25) is 15.9 Å². The van der Waals surface area contributed by atoms with Crippen molar-refractivity contribution in [1.82, 2.24) is 14.5 Å². The van der Waals surface area contributed by atoms with E-state index in [0.717, 1.165) is 18.4 Å². The van der Waals surface area contributed by atoms with Crippen molar-refractivity contribution >= 4 is 33.4 Å². The van der Waals surface area contributed by atoms with Crippen molar-refractivity contribution in [2.45, 2.75) is 36.4 Å². The Kier molecular flexibility index (Phi) is 10.9. The van der Waals surface area contributed by atoms with Crippen LogP contribution < -0.4 is 10.1 Å². The number of rotatable bonds is 12. The highest BCUT2D eigenvalue weighted by Crippen LogP contribution is 2.26. The lowest BCUT2D eigenvalue weighted by Gasteiger charge is -2.32. The lowest BCUT2D eigenvalue weighted by Crippen LogP contribution is -2.46. The Morgan fingerprint density at radius 2 is 1.68 bits per heavy atom. The lowest BCUT2D eigenvalue weighted by atomic mass is 10.0. The fourth-order valence-electron chi connectivity index (χ4n) is 5.21. The number of ether oxygens (including phenoxy) is 3. The number of sulfonamides is 1. The molecule has 0 spiro atoms. The number of benzene rings is 3. The van der Waals surface area contributed by atoms with Crippen LogP contribution in [0.1, 0.15) is 30.0 Å². The van der Waals surface area contributed by atoms with Crippen molar-refractivity contribution in [2.24, 2.45) is 0 Å². The number of amides is 2. The van der Waals surface area contributed by atoms with Gasteiger partial charge in [0.15, 0.2) is 6.61 Å². The standard InChI is InChI=1S/C32H36ClN3O7S/c33-26-10-8-24(9-11-26)22-36(31(25-5-2-1-3-6-25)32(38)34-21-28-7-4-18-42-28)30(37)23-43-27-12-14-29(15-13-27)44(39,40)35-16-19-41-20-17-35/h1-3,5-6,8-15,28,31H,4,7,16-23H2,(H,34,38)/t28-,31+/m0/s1. The zero-order valence-electron chi connectivity index (χ0n) is 24.3. The largest absolute Gasteiger partial charge is 0.484 e. The Labute approximate surface area is 262 Å². The van der Waals surface area contributed by atoms with Crippen LogP contribution in [0.2, 0.25) is 5.02 Å². The van der Waals surface area contributed by atoms with Crippen molar-refractivity contribution < 1.29 is 32.2 Å². The minimum Gasteiger partial charge on any atom is -0.484 e. The second kappa shape index (κ2) is 15.0. The first-order valence-corrected chi connectivity index (χ1v) is 16.4. The van der Waals surface area contributed by atoms with Crippen LogP contribution in [0.25, 0.3) is 0 Å². The molecule has 3 aromatic rings. The van der Waals surface area contributed by atoms with Gasteiger partial charge in [0.1, 0.15) is 11.8 Å². The Morgan fingerprint density at radius 1 is 0.977 bits per heavy atom. The van der Waals surface area contributed by atoms with Gasteiger partial charge in [0.05, 0.1) is 24.2 Å². The number of nitrogens with one attached hydrogen (secondary N) is 1. The van der Waals surface area contributed by atoms with Crippen molar-refractivity contribution in [3.05, 3.63) is 95.0 Å². The summed E-state index contributed by atoms with van der Waals surface area (Å²) in [4.78, 5) is 29.2. The van der Waals surface area contributed by atoms with Crippen molar-refractivity contribution in [2.75, 3.05) is 46.1 Å². The average Bonchev–Trinajstić information content (AvgIpc) is 3.58. The first-order valence-electron chi connectivity index (χ1n) is 14.6. The SMILES string of the molecule is O=C(NC[C@@H]1CCCO1)[C@@H](c1ccccc1)N(Cc1ccc(Cl)cc1)C(=O)COc1ccc(S(=O)(=O)N2CCOCC2)cc1. The van der Waals surface area contributed by atoms with Gasteiger partial charge in [-0.05, 0) is 60.4 Å². The first-order chi connectivity index (χ1) is 21.3. The number of hydrogen-bond acceptors (Lipinski definition) is 7. The predicted octanol–water partition coefficient (Wildman–Crippen LogP) is 3.81. The van der Waals surface area contributed by atoms with Crippen molar-refractivity contribution in [1.29, 1.82) is 0 Å². The van der Waals surface area contributed by atoms with Gasteiger partial charge in [0, 0.05) is 37.8 Å². The minimum absolute atomic E-state index is 0.0610. The first kappa shape index (κ1) is 31.9. The van der Waals surface area contributed by atoms with Crippen LogP contribution in [-0.2, 0) is 35.6 Å². The summed E-state index contributed by atoms with van der Waals surface area (Å²) in [6, 6.07) is 21.2. The highest BCUT2D eigenvalue weighted by molar-refractivity contribution is 7.89. The Balaban J connectivity index is 1.34. The molecule has 5 rings (SSSR count).